The van der Waals surface area contributed by atoms with Crippen LogP contribution in [0.3, 0.4) is 0 Å². The average Bonchev–Trinajstić information content (AvgIpc) is 3.17. The Labute approximate surface area is 195 Å². The van der Waals surface area contributed by atoms with E-state index in [9.17, 15) is 4.79 Å². The van der Waals surface area contributed by atoms with Gasteiger partial charge in [-0.25, -0.2) is 4.98 Å². The molecule has 5 heteroatoms. The predicted molar refractivity (Wildman–Crippen MR) is 133 cm³/mol. The van der Waals surface area contributed by atoms with Gasteiger partial charge < -0.3 is 14.6 Å². The maximum absolute atomic E-state index is 12.7. The van der Waals surface area contributed by atoms with Crippen LogP contribution in [0.25, 0.3) is 11.0 Å². The Hall–Kier alpha value is -3.60. The van der Waals surface area contributed by atoms with Crippen molar-refractivity contribution in [3.63, 3.8) is 0 Å². The molecule has 1 amide bonds. The van der Waals surface area contributed by atoms with Gasteiger partial charge in [0.15, 0.2) is 0 Å². The fraction of sp³-hybridized carbons (Fsp3) is 0.286. The average molecular weight is 442 g/mol. The van der Waals surface area contributed by atoms with Gasteiger partial charge >= 0.3 is 0 Å². The monoisotopic (exact) mass is 441 g/mol. The molecule has 170 valence electrons. The molecule has 0 saturated heterocycles. The molecule has 0 radical (unpaired) electrons. The number of nitrogens with zero attached hydrogens (tertiary/aromatic N) is 2. The summed E-state index contributed by atoms with van der Waals surface area (Å²) in [5.41, 5.74) is 9.23. The molecule has 0 unspecified atom stereocenters. The highest BCUT2D eigenvalue weighted by Gasteiger charge is 2.16. The second-order valence-corrected chi connectivity index (χ2v) is 8.55. The topological polar surface area (TPSA) is 56.1 Å². The molecule has 0 atom stereocenters. The lowest BCUT2D eigenvalue weighted by atomic mass is 9.94. The Bertz CT molecular complexity index is 1290. The summed E-state index contributed by atoms with van der Waals surface area (Å²) in [7, 11) is 1.57. The van der Waals surface area contributed by atoms with Crippen molar-refractivity contribution in [2.45, 2.75) is 40.7 Å². The summed E-state index contributed by atoms with van der Waals surface area (Å²) in [6.45, 7) is 9.99. The van der Waals surface area contributed by atoms with E-state index in [-0.39, 0.29) is 5.91 Å². The van der Waals surface area contributed by atoms with Crippen LogP contribution in [0.1, 0.15) is 44.0 Å². The molecule has 0 aliphatic heterocycles. The highest BCUT2D eigenvalue weighted by atomic mass is 16.5. The first-order chi connectivity index (χ1) is 15.9. The van der Waals surface area contributed by atoms with Gasteiger partial charge in [0, 0.05) is 19.5 Å². The first-order valence-electron chi connectivity index (χ1n) is 11.3. The van der Waals surface area contributed by atoms with Gasteiger partial charge in [-0.2, -0.15) is 0 Å². The van der Waals surface area contributed by atoms with Crippen LogP contribution in [-0.4, -0.2) is 29.1 Å². The molecule has 33 heavy (non-hydrogen) atoms. The molecular weight excluding hydrogens is 410 g/mol. The van der Waals surface area contributed by atoms with Crippen LogP contribution in [0, 0.1) is 27.7 Å². The van der Waals surface area contributed by atoms with Crippen molar-refractivity contribution >= 4 is 16.9 Å². The number of para-hydroxylation sites is 3. The minimum absolute atomic E-state index is 0.142. The molecule has 4 aromatic rings. The first kappa shape index (κ1) is 22.6. The van der Waals surface area contributed by atoms with Crippen molar-refractivity contribution in [1.82, 2.24) is 14.9 Å². The molecular formula is C28H31N3O2. The van der Waals surface area contributed by atoms with E-state index >= 15 is 0 Å². The van der Waals surface area contributed by atoms with Gasteiger partial charge in [0.05, 0.1) is 23.7 Å². The van der Waals surface area contributed by atoms with E-state index in [2.05, 4.69) is 55.8 Å². The number of hydrogen-bond acceptors (Lipinski definition) is 3. The fourth-order valence-electron chi connectivity index (χ4n) is 4.40. The van der Waals surface area contributed by atoms with Crippen molar-refractivity contribution in [3.8, 4) is 5.75 Å². The number of hydrogen-bond donors (Lipinski definition) is 1. The third-order valence-corrected chi connectivity index (χ3v) is 6.56. The molecule has 0 saturated carbocycles. The van der Waals surface area contributed by atoms with E-state index in [0.29, 0.717) is 24.3 Å². The normalized spacial score (nSPS) is 11.1. The molecule has 1 heterocycles. The van der Waals surface area contributed by atoms with Crippen molar-refractivity contribution < 1.29 is 9.53 Å². The summed E-state index contributed by atoms with van der Waals surface area (Å²) >= 11 is 0. The van der Waals surface area contributed by atoms with E-state index in [1.54, 1.807) is 19.2 Å². The van der Waals surface area contributed by atoms with Crippen molar-refractivity contribution in [3.05, 3.63) is 93.8 Å². The fourth-order valence-corrected chi connectivity index (χ4v) is 4.40. The number of imidazole rings is 1. The predicted octanol–water partition coefficient (Wildman–Crippen LogP) is 5.30. The summed E-state index contributed by atoms with van der Waals surface area (Å²) in [5.74, 6) is 1.40. The van der Waals surface area contributed by atoms with Crippen LogP contribution >= 0.6 is 0 Å². The van der Waals surface area contributed by atoms with Crippen LogP contribution in [0.4, 0.5) is 0 Å². The zero-order valence-corrected chi connectivity index (χ0v) is 20.0. The standard InChI is InChI=1S/C28H31N3O2/c1-18-16-19(2)21(4)23(20(18)3)17-31-25-12-8-7-11-24(25)30-27(31)14-15-29-28(32)22-10-6-9-13-26(22)33-5/h6-13,16H,14-15,17H2,1-5H3,(H,29,32). The quantitative estimate of drug-likeness (QED) is 0.423. The molecule has 0 aliphatic carbocycles. The number of carbonyl (C=O) groups is 1. The number of aromatic nitrogens is 2. The summed E-state index contributed by atoms with van der Waals surface area (Å²) in [5, 5.41) is 3.03. The van der Waals surface area contributed by atoms with E-state index < -0.39 is 0 Å². The Morgan fingerprint density at radius 3 is 2.36 bits per heavy atom. The van der Waals surface area contributed by atoms with Crippen molar-refractivity contribution in [2.75, 3.05) is 13.7 Å². The largest absolute Gasteiger partial charge is 0.496 e. The minimum Gasteiger partial charge on any atom is -0.496 e. The lowest BCUT2D eigenvalue weighted by molar-refractivity contribution is 0.0951. The van der Waals surface area contributed by atoms with E-state index in [0.717, 1.165) is 23.4 Å². The maximum Gasteiger partial charge on any atom is 0.255 e. The molecule has 4 rings (SSSR count). The second-order valence-electron chi connectivity index (χ2n) is 8.55. The van der Waals surface area contributed by atoms with Crippen LogP contribution in [0.2, 0.25) is 0 Å². The SMILES string of the molecule is COc1ccccc1C(=O)NCCc1nc2ccccc2n1Cc1c(C)c(C)cc(C)c1C. The van der Waals surface area contributed by atoms with E-state index in [4.69, 9.17) is 9.72 Å². The molecule has 0 aliphatic rings. The zero-order chi connectivity index (χ0) is 23.5. The Balaban J connectivity index is 1.61. The third kappa shape index (κ3) is 4.49. The number of carbonyl (C=O) groups excluding carboxylic acids is 1. The summed E-state index contributed by atoms with van der Waals surface area (Å²) in [6, 6.07) is 17.7. The summed E-state index contributed by atoms with van der Waals surface area (Å²) in [6.07, 6.45) is 0.637. The van der Waals surface area contributed by atoms with Crippen LogP contribution in [0.5, 0.6) is 5.75 Å². The summed E-state index contributed by atoms with van der Waals surface area (Å²) in [4.78, 5) is 17.6. The Morgan fingerprint density at radius 1 is 0.970 bits per heavy atom. The number of nitrogens with one attached hydrogen (secondary N) is 1. The Kier molecular flexibility index (Phi) is 6.50. The smallest absolute Gasteiger partial charge is 0.255 e. The van der Waals surface area contributed by atoms with Crippen LogP contribution in [0.15, 0.2) is 54.6 Å². The number of benzene rings is 3. The lowest BCUT2D eigenvalue weighted by Crippen LogP contribution is -2.27. The lowest BCUT2D eigenvalue weighted by Gasteiger charge is -2.18. The van der Waals surface area contributed by atoms with E-state index in [1.807, 2.05) is 24.3 Å². The zero-order valence-electron chi connectivity index (χ0n) is 20.0. The van der Waals surface area contributed by atoms with Gasteiger partial charge in [0.1, 0.15) is 11.6 Å². The number of rotatable bonds is 7. The van der Waals surface area contributed by atoms with Crippen molar-refractivity contribution in [1.29, 1.82) is 0 Å². The van der Waals surface area contributed by atoms with Crippen LogP contribution < -0.4 is 10.1 Å². The molecule has 3 aromatic carbocycles. The molecule has 0 fully saturated rings. The van der Waals surface area contributed by atoms with Gasteiger partial charge in [0.25, 0.3) is 5.91 Å². The number of methoxy groups -OCH3 is 1. The highest BCUT2D eigenvalue weighted by molar-refractivity contribution is 5.96. The van der Waals surface area contributed by atoms with Crippen LogP contribution in [-0.2, 0) is 13.0 Å². The number of fused-ring (bicyclic) bond motifs is 1. The van der Waals surface area contributed by atoms with Gasteiger partial charge in [0.2, 0.25) is 0 Å². The Morgan fingerprint density at radius 2 is 1.64 bits per heavy atom. The van der Waals surface area contributed by atoms with E-state index in [1.165, 1.54) is 27.8 Å². The molecule has 1 N–H and O–H groups in total. The van der Waals surface area contributed by atoms with Gasteiger partial charge in [-0.15, -0.1) is 0 Å². The number of amides is 1. The van der Waals surface area contributed by atoms with Crippen molar-refractivity contribution in [2.24, 2.45) is 0 Å². The molecule has 1 aromatic heterocycles. The highest BCUT2D eigenvalue weighted by Crippen LogP contribution is 2.25. The molecule has 5 nitrogen and oxygen atoms in total. The third-order valence-electron chi connectivity index (χ3n) is 6.56. The molecule has 0 bridgehead atoms. The molecule has 0 spiro atoms. The van der Waals surface area contributed by atoms with Gasteiger partial charge in [-0.05, 0) is 79.8 Å². The number of ether oxygens (including phenoxy) is 1. The second kappa shape index (κ2) is 9.49. The minimum atomic E-state index is -0.142. The maximum atomic E-state index is 12.7. The number of aryl methyl sites for hydroxylation is 2. The van der Waals surface area contributed by atoms with Gasteiger partial charge in [-0.3, -0.25) is 4.79 Å². The summed E-state index contributed by atoms with van der Waals surface area (Å²) < 4.78 is 7.61. The first-order valence-corrected chi connectivity index (χ1v) is 11.3. The van der Waals surface area contributed by atoms with Gasteiger partial charge in [-0.1, -0.05) is 30.3 Å².